The molecule has 1 aliphatic heterocycles. The van der Waals surface area contributed by atoms with Gasteiger partial charge in [0.25, 0.3) is 0 Å². The molecular weight excluding hydrogens is 180 g/mol. The lowest BCUT2D eigenvalue weighted by atomic mass is 9.86. The Morgan fingerprint density at radius 1 is 1.36 bits per heavy atom. The van der Waals surface area contributed by atoms with Crippen LogP contribution in [0.25, 0.3) is 0 Å². The lowest BCUT2D eigenvalue weighted by Crippen LogP contribution is -2.20. The lowest BCUT2D eigenvalue weighted by molar-refractivity contribution is -0.144. The standard InChI is InChI=1S/C11H18O3/c1-2-13-11(12)10-9(14-10)8-6-4-3-5-7-8/h8-10H,2-7H2,1H3/t9-,10-/m1/s1. The SMILES string of the molecule is CCOC(=O)[C@@H]1O[C@@H]1C1CCCCC1. The lowest BCUT2D eigenvalue weighted by Gasteiger charge is -2.19. The van der Waals surface area contributed by atoms with Gasteiger partial charge in [-0.25, -0.2) is 4.79 Å². The van der Waals surface area contributed by atoms with Crippen LogP contribution in [0, 0.1) is 5.92 Å². The molecule has 3 heteroatoms. The molecule has 0 radical (unpaired) electrons. The maximum absolute atomic E-state index is 11.3. The van der Waals surface area contributed by atoms with Gasteiger partial charge in [-0.1, -0.05) is 19.3 Å². The zero-order valence-corrected chi connectivity index (χ0v) is 8.70. The van der Waals surface area contributed by atoms with Gasteiger partial charge in [0.15, 0.2) is 6.10 Å². The fraction of sp³-hybridized carbons (Fsp3) is 0.909. The topological polar surface area (TPSA) is 38.8 Å². The van der Waals surface area contributed by atoms with Gasteiger partial charge in [-0.05, 0) is 25.7 Å². The Kier molecular flexibility index (Phi) is 3.06. The monoisotopic (exact) mass is 198 g/mol. The second kappa shape index (κ2) is 4.30. The Morgan fingerprint density at radius 3 is 2.71 bits per heavy atom. The average Bonchev–Trinajstić information content (AvgIpc) is 2.99. The van der Waals surface area contributed by atoms with Gasteiger partial charge < -0.3 is 9.47 Å². The maximum Gasteiger partial charge on any atom is 0.338 e. The molecule has 2 rings (SSSR count). The minimum absolute atomic E-state index is 0.164. The third-order valence-corrected chi connectivity index (χ3v) is 3.16. The molecule has 0 amide bonds. The molecule has 0 spiro atoms. The van der Waals surface area contributed by atoms with Gasteiger partial charge in [0.1, 0.15) is 0 Å². The third-order valence-electron chi connectivity index (χ3n) is 3.16. The van der Waals surface area contributed by atoms with Crippen LogP contribution in [0.2, 0.25) is 0 Å². The number of esters is 1. The molecule has 0 N–H and O–H groups in total. The highest BCUT2D eigenvalue weighted by molar-refractivity contribution is 5.78. The highest BCUT2D eigenvalue weighted by atomic mass is 16.6. The molecule has 0 aromatic rings. The van der Waals surface area contributed by atoms with Crippen molar-refractivity contribution in [2.24, 2.45) is 5.92 Å². The van der Waals surface area contributed by atoms with Crippen molar-refractivity contribution in [3.8, 4) is 0 Å². The van der Waals surface area contributed by atoms with E-state index in [1.165, 1.54) is 32.1 Å². The summed E-state index contributed by atoms with van der Waals surface area (Å²) in [5, 5.41) is 0. The molecule has 3 nitrogen and oxygen atoms in total. The summed E-state index contributed by atoms with van der Waals surface area (Å²) in [6, 6.07) is 0. The fourth-order valence-electron chi connectivity index (χ4n) is 2.36. The largest absolute Gasteiger partial charge is 0.464 e. The number of rotatable bonds is 3. The van der Waals surface area contributed by atoms with Crippen LogP contribution < -0.4 is 0 Å². The number of epoxide rings is 1. The van der Waals surface area contributed by atoms with E-state index in [9.17, 15) is 4.79 Å². The van der Waals surface area contributed by atoms with Crippen LogP contribution in [0.5, 0.6) is 0 Å². The molecule has 80 valence electrons. The molecule has 1 aliphatic carbocycles. The second-order valence-electron chi connectivity index (χ2n) is 4.17. The van der Waals surface area contributed by atoms with E-state index in [4.69, 9.17) is 9.47 Å². The van der Waals surface area contributed by atoms with Gasteiger partial charge in [0.2, 0.25) is 0 Å². The summed E-state index contributed by atoms with van der Waals surface area (Å²) in [6.45, 7) is 2.28. The molecule has 1 saturated heterocycles. The average molecular weight is 198 g/mol. The van der Waals surface area contributed by atoms with Gasteiger partial charge in [0.05, 0.1) is 12.7 Å². The minimum atomic E-state index is -0.238. The highest BCUT2D eigenvalue weighted by Gasteiger charge is 2.50. The van der Waals surface area contributed by atoms with Crippen molar-refractivity contribution in [3.05, 3.63) is 0 Å². The summed E-state index contributed by atoms with van der Waals surface area (Å²) in [7, 11) is 0. The normalized spacial score (nSPS) is 32.6. The number of ether oxygens (including phenoxy) is 2. The van der Waals surface area contributed by atoms with E-state index >= 15 is 0 Å². The van der Waals surface area contributed by atoms with Crippen molar-refractivity contribution < 1.29 is 14.3 Å². The van der Waals surface area contributed by atoms with Gasteiger partial charge in [-0.3, -0.25) is 0 Å². The first-order chi connectivity index (χ1) is 6.83. The molecule has 1 saturated carbocycles. The molecule has 0 aromatic carbocycles. The van der Waals surface area contributed by atoms with Crippen molar-refractivity contribution in [2.75, 3.05) is 6.61 Å². The van der Waals surface area contributed by atoms with E-state index in [-0.39, 0.29) is 18.2 Å². The van der Waals surface area contributed by atoms with Crippen LogP contribution in [-0.2, 0) is 14.3 Å². The van der Waals surface area contributed by atoms with E-state index in [0.29, 0.717) is 12.5 Å². The molecule has 2 atom stereocenters. The highest BCUT2D eigenvalue weighted by Crippen LogP contribution is 2.38. The molecule has 0 bridgehead atoms. The summed E-state index contributed by atoms with van der Waals surface area (Å²) in [6.07, 6.45) is 6.31. The third kappa shape index (κ3) is 2.08. The number of hydrogen-bond donors (Lipinski definition) is 0. The Morgan fingerprint density at radius 2 is 2.07 bits per heavy atom. The summed E-state index contributed by atoms with van der Waals surface area (Å²) < 4.78 is 10.3. The Bertz CT molecular complexity index is 209. The maximum atomic E-state index is 11.3. The zero-order chi connectivity index (χ0) is 9.97. The van der Waals surface area contributed by atoms with Crippen molar-refractivity contribution in [2.45, 2.75) is 51.2 Å². The predicted octanol–water partition coefficient (Wildman–Crippen LogP) is 1.90. The van der Waals surface area contributed by atoms with Crippen molar-refractivity contribution in [1.82, 2.24) is 0 Å². The first-order valence-electron chi connectivity index (χ1n) is 5.65. The first kappa shape index (κ1) is 9.97. The summed E-state index contributed by atoms with van der Waals surface area (Å²) in [5.74, 6) is 0.446. The molecule has 0 aromatic heterocycles. The number of carbonyl (C=O) groups excluding carboxylic acids is 1. The molecule has 14 heavy (non-hydrogen) atoms. The van der Waals surface area contributed by atoms with Crippen LogP contribution >= 0.6 is 0 Å². The number of carbonyl (C=O) groups is 1. The van der Waals surface area contributed by atoms with E-state index in [0.717, 1.165) is 0 Å². The number of hydrogen-bond acceptors (Lipinski definition) is 3. The van der Waals surface area contributed by atoms with Gasteiger partial charge >= 0.3 is 5.97 Å². The van der Waals surface area contributed by atoms with Gasteiger partial charge in [0, 0.05) is 0 Å². The summed E-state index contributed by atoms with van der Waals surface area (Å²) in [5.41, 5.74) is 0. The molecule has 1 heterocycles. The Balaban J connectivity index is 1.77. The molecule has 0 unspecified atom stereocenters. The van der Waals surface area contributed by atoms with Crippen LogP contribution in [0.4, 0.5) is 0 Å². The van der Waals surface area contributed by atoms with Crippen molar-refractivity contribution >= 4 is 5.97 Å². The summed E-state index contributed by atoms with van der Waals surface area (Å²) in [4.78, 5) is 11.3. The zero-order valence-electron chi connectivity index (χ0n) is 8.70. The Labute approximate surface area is 84.8 Å². The van der Waals surface area contributed by atoms with Gasteiger partial charge in [-0.15, -0.1) is 0 Å². The van der Waals surface area contributed by atoms with Crippen LogP contribution in [0.15, 0.2) is 0 Å². The van der Waals surface area contributed by atoms with Crippen molar-refractivity contribution in [1.29, 1.82) is 0 Å². The van der Waals surface area contributed by atoms with Crippen LogP contribution in [-0.4, -0.2) is 24.8 Å². The molecule has 2 aliphatic rings. The Hall–Kier alpha value is -0.570. The fourth-order valence-corrected chi connectivity index (χ4v) is 2.36. The van der Waals surface area contributed by atoms with Crippen molar-refractivity contribution in [3.63, 3.8) is 0 Å². The van der Waals surface area contributed by atoms with E-state index in [1.54, 1.807) is 0 Å². The van der Waals surface area contributed by atoms with E-state index in [2.05, 4.69) is 0 Å². The van der Waals surface area contributed by atoms with E-state index in [1.807, 2.05) is 6.92 Å². The smallest absolute Gasteiger partial charge is 0.338 e. The predicted molar refractivity (Wildman–Crippen MR) is 51.9 cm³/mol. The summed E-state index contributed by atoms with van der Waals surface area (Å²) >= 11 is 0. The van der Waals surface area contributed by atoms with E-state index < -0.39 is 0 Å². The molecule has 2 fully saturated rings. The minimum Gasteiger partial charge on any atom is -0.464 e. The van der Waals surface area contributed by atoms with Gasteiger partial charge in [-0.2, -0.15) is 0 Å². The second-order valence-corrected chi connectivity index (χ2v) is 4.17. The molecular formula is C11H18O3. The van der Waals surface area contributed by atoms with Crippen LogP contribution in [0.1, 0.15) is 39.0 Å². The quantitative estimate of drug-likeness (QED) is 0.513. The first-order valence-corrected chi connectivity index (χ1v) is 5.65. The van der Waals surface area contributed by atoms with Crippen LogP contribution in [0.3, 0.4) is 0 Å².